The summed E-state index contributed by atoms with van der Waals surface area (Å²) in [6.07, 6.45) is 5.09. The zero-order valence-electron chi connectivity index (χ0n) is 28.1. The fourth-order valence-corrected chi connectivity index (χ4v) is 9.07. The monoisotopic (exact) mass is 678 g/mol. The summed E-state index contributed by atoms with van der Waals surface area (Å²) in [5.74, 6) is -4.33. The van der Waals surface area contributed by atoms with Crippen LogP contribution in [0, 0.1) is 38.7 Å². The summed E-state index contributed by atoms with van der Waals surface area (Å²) < 4.78 is 28.9. The van der Waals surface area contributed by atoms with Crippen LogP contribution in [0.1, 0.15) is 91.9 Å². The molecular weight excluding hydrogens is 631 g/mol. The SMILES string of the molecule is CCC(=O)O[C@]1(C(=O)COC(=O)CCNC(=O)CCCCCO[N+](=O)[O-])[C@@H](C)C[C@H]2[C@@H]3CCC4=CC(=O)C=C[C@]4(C)[C@@]3(F)[C@@H](O)C[C@@]21C. The Hall–Kier alpha value is -3.68. The molecule has 0 aromatic rings. The number of nitrogens with one attached hydrogen (secondary N) is 1. The first-order valence-corrected chi connectivity index (χ1v) is 16.8. The molecule has 14 heteroatoms. The Morgan fingerprint density at radius 2 is 1.85 bits per heavy atom. The highest BCUT2D eigenvalue weighted by atomic mass is 19.1. The number of aliphatic hydroxyl groups is 1. The highest BCUT2D eigenvalue weighted by Crippen LogP contribution is 2.71. The molecule has 0 aromatic heterocycles. The second-order valence-electron chi connectivity index (χ2n) is 14.0. The number of esters is 2. The van der Waals surface area contributed by atoms with Crippen LogP contribution in [0.25, 0.3) is 0 Å². The fourth-order valence-electron chi connectivity index (χ4n) is 9.07. The molecule has 266 valence electrons. The summed E-state index contributed by atoms with van der Waals surface area (Å²) in [6.45, 7) is 6.02. The number of Topliss-reactive ketones (excluding diaryl/α,β-unsaturated/α-hetero) is 1. The van der Waals surface area contributed by atoms with Crippen LogP contribution in [0.2, 0.25) is 0 Å². The highest BCUT2D eigenvalue weighted by molar-refractivity contribution is 6.01. The molecule has 4 aliphatic carbocycles. The van der Waals surface area contributed by atoms with E-state index in [1.54, 1.807) is 33.8 Å². The molecule has 3 fully saturated rings. The van der Waals surface area contributed by atoms with E-state index in [9.17, 15) is 39.2 Å². The van der Waals surface area contributed by atoms with Crippen molar-refractivity contribution in [2.45, 2.75) is 109 Å². The molecule has 0 radical (unpaired) electrons. The summed E-state index contributed by atoms with van der Waals surface area (Å²) >= 11 is 0. The van der Waals surface area contributed by atoms with E-state index >= 15 is 4.39 Å². The van der Waals surface area contributed by atoms with Crippen LogP contribution >= 0.6 is 0 Å². The molecule has 4 rings (SSSR count). The molecule has 2 N–H and O–H groups in total. The van der Waals surface area contributed by atoms with Gasteiger partial charge in [-0.15, -0.1) is 10.1 Å². The number of nitrogens with zero attached hydrogens (tertiary/aromatic N) is 1. The van der Waals surface area contributed by atoms with Crippen molar-refractivity contribution in [3.05, 3.63) is 33.9 Å². The Balaban J connectivity index is 1.43. The predicted molar refractivity (Wildman–Crippen MR) is 167 cm³/mol. The molecule has 0 heterocycles. The van der Waals surface area contributed by atoms with Gasteiger partial charge in [0.15, 0.2) is 23.7 Å². The number of aliphatic hydroxyl groups excluding tert-OH is 1. The zero-order chi connectivity index (χ0) is 35.5. The number of halogens is 1. The average Bonchev–Trinajstić information content (AvgIpc) is 3.24. The standard InChI is InChI=1S/C34H47FN2O11/c1-5-29(42)48-34(27(40)20-46-30(43)13-15-36-28(41)9-7-6-8-16-47-37(44)45)21(2)17-25-24-11-10-22-18-23(38)12-14-31(22,3)33(24,35)26(39)19-32(25,34)4/h12,14,18,21,24-26,39H,5-11,13,15-17,19-20H2,1-4H3,(H,36,41)/t21-,24-,25-,26-,31-,32-,33-,34-/m0/s1. The van der Waals surface area contributed by atoms with E-state index in [4.69, 9.17) is 9.47 Å². The van der Waals surface area contributed by atoms with Crippen molar-refractivity contribution in [2.75, 3.05) is 19.8 Å². The van der Waals surface area contributed by atoms with Crippen LogP contribution in [0.5, 0.6) is 0 Å². The Kier molecular flexibility index (Phi) is 11.2. The molecule has 48 heavy (non-hydrogen) atoms. The maximum absolute atomic E-state index is 17.6. The van der Waals surface area contributed by atoms with Crippen LogP contribution in [-0.2, 0) is 38.3 Å². The quantitative estimate of drug-likeness (QED) is 0.111. The average molecular weight is 679 g/mol. The molecule has 0 saturated heterocycles. The first kappa shape index (κ1) is 37.1. The molecule has 13 nitrogen and oxygen atoms in total. The van der Waals surface area contributed by atoms with Gasteiger partial charge in [0.25, 0.3) is 5.09 Å². The number of ketones is 2. The number of allylic oxidation sites excluding steroid dienone is 4. The van der Waals surface area contributed by atoms with Gasteiger partial charge in [0.1, 0.15) is 0 Å². The molecule has 0 aromatic carbocycles. The molecule has 1 amide bonds. The normalized spacial score (nSPS) is 35.0. The highest BCUT2D eigenvalue weighted by Gasteiger charge is 2.77. The van der Waals surface area contributed by atoms with E-state index in [0.717, 1.165) is 0 Å². The first-order valence-electron chi connectivity index (χ1n) is 16.8. The molecule has 4 aliphatic rings. The van der Waals surface area contributed by atoms with Gasteiger partial charge < -0.3 is 24.7 Å². The summed E-state index contributed by atoms with van der Waals surface area (Å²) in [4.78, 5) is 78.3. The van der Waals surface area contributed by atoms with Gasteiger partial charge in [0, 0.05) is 42.1 Å². The second-order valence-corrected chi connectivity index (χ2v) is 14.0. The van der Waals surface area contributed by atoms with E-state index in [1.807, 2.05) is 0 Å². The van der Waals surface area contributed by atoms with E-state index < -0.39 is 75.4 Å². The Bertz CT molecular complexity index is 1380. The van der Waals surface area contributed by atoms with E-state index in [0.29, 0.717) is 44.1 Å². The summed E-state index contributed by atoms with van der Waals surface area (Å²) in [7, 11) is 0. The Labute approximate surface area is 279 Å². The lowest BCUT2D eigenvalue weighted by Gasteiger charge is -2.62. The Morgan fingerprint density at radius 3 is 2.54 bits per heavy atom. The lowest BCUT2D eigenvalue weighted by atomic mass is 9.44. The van der Waals surface area contributed by atoms with Gasteiger partial charge in [-0.1, -0.05) is 38.8 Å². The van der Waals surface area contributed by atoms with Gasteiger partial charge in [-0.25, -0.2) is 4.39 Å². The third-order valence-electron chi connectivity index (χ3n) is 11.4. The minimum atomic E-state index is -2.13. The van der Waals surface area contributed by atoms with Gasteiger partial charge in [-0.05, 0) is 63.5 Å². The lowest BCUT2D eigenvalue weighted by molar-refractivity contribution is -0.757. The number of hydrogen-bond acceptors (Lipinski definition) is 11. The number of ether oxygens (including phenoxy) is 2. The van der Waals surface area contributed by atoms with Crippen LogP contribution in [-0.4, -0.2) is 76.7 Å². The smallest absolute Gasteiger partial charge is 0.308 e. The molecule has 0 unspecified atom stereocenters. The Morgan fingerprint density at radius 1 is 1.12 bits per heavy atom. The number of carbonyl (C=O) groups is 5. The minimum absolute atomic E-state index is 0.0290. The fraction of sp³-hybridized carbons (Fsp3) is 0.735. The third kappa shape index (κ3) is 6.51. The van der Waals surface area contributed by atoms with Crippen LogP contribution in [0.4, 0.5) is 4.39 Å². The maximum Gasteiger partial charge on any atom is 0.308 e. The van der Waals surface area contributed by atoms with Crippen molar-refractivity contribution >= 4 is 29.4 Å². The topological polar surface area (TPSA) is 188 Å². The first-order chi connectivity index (χ1) is 22.6. The number of alkyl halides is 1. The molecule has 0 aliphatic heterocycles. The van der Waals surface area contributed by atoms with Crippen molar-refractivity contribution < 1.29 is 52.9 Å². The summed E-state index contributed by atoms with van der Waals surface area (Å²) in [6, 6.07) is 0. The van der Waals surface area contributed by atoms with Crippen molar-refractivity contribution in [1.29, 1.82) is 0 Å². The van der Waals surface area contributed by atoms with Gasteiger partial charge in [0.05, 0.1) is 19.1 Å². The molecule has 0 bridgehead atoms. The van der Waals surface area contributed by atoms with E-state index in [-0.39, 0.29) is 50.5 Å². The van der Waals surface area contributed by atoms with Crippen molar-refractivity contribution in [3.8, 4) is 0 Å². The van der Waals surface area contributed by atoms with Crippen LogP contribution in [0.15, 0.2) is 23.8 Å². The molecular formula is C34H47FN2O11. The summed E-state index contributed by atoms with van der Waals surface area (Å²) in [5, 5.41) is 23.6. The second kappa shape index (κ2) is 14.4. The molecule has 8 atom stereocenters. The van der Waals surface area contributed by atoms with E-state index in [2.05, 4.69) is 10.2 Å². The number of carbonyl (C=O) groups excluding carboxylic acids is 5. The van der Waals surface area contributed by atoms with Gasteiger partial charge >= 0.3 is 11.9 Å². The van der Waals surface area contributed by atoms with Crippen molar-refractivity contribution in [2.24, 2.45) is 28.6 Å². The van der Waals surface area contributed by atoms with Gasteiger partial charge in [0.2, 0.25) is 11.7 Å². The number of rotatable bonds is 15. The molecule has 3 saturated carbocycles. The van der Waals surface area contributed by atoms with Crippen LogP contribution in [0.3, 0.4) is 0 Å². The number of amides is 1. The lowest BCUT2D eigenvalue weighted by Crippen LogP contribution is -2.70. The van der Waals surface area contributed by atoms with E-state index in [1.165, 1.54) is 12.2 Å². The maximum atomic E-state index is 17.6. The minimum Gasteiger partial charge on any atom is -0.457 e. The van der Waals surface area contributed by atoms with Crippen molar-refractivity contribution in [3.63, 3.8) is 0 Å². The van der Waals surface area contributed by atoms with Gasteiger partial charge in [-0.2, -0.15) is 0 Å². The summed E-state index contributed by atoms with van der Waals surface area (Å²) in [5.41, 5.74) is -5.70. The number of hydrogen-bond donors (Lipinski definition) is 2. The zero-order valence-corrected chi connectivity index (χ0v) is 28.1. The van der Waals surface area contributed by atoms with Crippen LogP contribution < -0.4 is 5.32 Å². The van der Waals surface area contributed by atoms with Crippen molar-refractivity contribution in [1.82, 2.24) is 5.32 Å². The third-order valence-corrected chi connectivity index (χ3v) is 11.4. The number of fused-ring (bicyclic) bond motifs is 5. The van der Waals surface area contributed by atoms with Gasteiger partial charge in [-0.3, -0.25) is 24.0 Å². The largest absolute Gasteiger partial charge is 0.457 e. The predicted octanol–water partition coefficient (Wildman–Crippen LogP) is 3.68. The number of unbranched alkanes of at least 4 members (excludes halogenated alkanes) is 2. The molecule has 0 spiro atoms.